The van der Waals surface area contributed by atoms with E-state index in [0.29, 0.717) is 6.04 Å². The van der Waals surface area contributed by atoms with Crippen LogP contribution in [0.25, 0.3) is 0 Å². The molecule has 0 saturated carbocycles. The fourth-order valence-electron chi connectivity index (χ4n) is 2.76. The molecule has 3 rings (SSSR count). The Kier molecular flexibility index (Phi) is 7.78. The second-order valence-corrected chi connectivity index (χ2v) is 4.74. The first-order chi connectivity index (χ1) is 10.4. The third-order valence-corrected chi connectivity index (χ3v) is 3.64. The summed E-state index contributed by atoms with van der Waals surface area (Å²) >= 11 is 0. The molecule has 0 aliphatic carbocycles. The first-order valence-corrected chi connectivity index (χ1v) is 8.19. The molecule has 0 N–H and O–H groups in total. The number of rotatable bonds is 1. The lowest BCUT2D eigenvalue weighted by Gasteiger charge is -2.35. The molecule has 2 aromatic rings. The van der Waals surface area contributed by atoms with Gasteiger partial charge in [0.05, 0.1) is 6.04 Å². The average Bonchev–Trinajstić information content (AvgIpc) is 2.59. The third-order valence-electron chi connectivity index (χ3n) is 3.64. The molecule has 0 bridgehead atoms. The van der Waals surface area contributed by atoms with Gasteiger partial charge in [0.1, 0.15) is 0 Å². The van der Waals surface area contributed by atoms with Crippen molar-refractivity contribution >= 4 is 0 Å². The number of fused-ring (bicyclic) bond motifs is 1. The van der Waals surface area contributed by atoms with Crippen molar-refractivity contribution in [1.82, 2.24) is 4.90 Å². The van der Waals surface area contributed by atoms with Gasteiger partial charge in [0.25, 0.3) is 0 Å². The van der Waals surface area contributed by atoms with Crippen LogP contribution >= 0.6 is 0 Å². The van der Waals surface area contributed by atoms with Crippen LogP contribution in [0, 0.1) is 0 Å². The molecular weight excluding hydrogens is 254 g/mol. The topological polar surface area (TPSA) is 3.24 Å². The number of nitrogens with zero attached hydrogens (tertiary/aromatic N) is 1. The van der Waals surface area contributed by atoms with Gasteiger partial charge in [-0.05, 0) is 30.2 Å². The van der Waals surface area contributed by atoms with Crippen LogP contribution in [0.4, 0.5) is 0 Å². The van der Waals surface area contributed by atoms with E-state index in [-0.39, 0.29) is 0 Å². The van der Waals surface area contributed by atoms with Crippen molar-refractivity contribution in [2.24, 2.45) is 0 Å². The smallest absolute Gasteiger partial charge is 0.0602 e. The Morgan fingerprint density at radius 1 is 0.810 bits per heavy atom. The summed E-state index contributed by atoms with van der Waals surface area (Å²) in [4.78, 5) is 2.44. The molecule has 1 unspecified atom stereocenters. The maximum Gasteiger partial charge on any atom is 0.0602 e. The van der Waals surface area contributed by atoms with Crippen molar-refractivity contribution in [3.8, 4) is 0 Å². The fraction of sp³-hybridized carbons (Fsp3) is 0.400. The summed E-state index contributed by atoms with van der Waals surface area (Å²) in [5.74, 6) is 0. The Morgan fingerprint density at radius 2 is 1.38 bits per heavy atom. The first-order valence-electron chi connectivity index (χ1n) is 8.19. The zero-order valence-electron chi connectivity index (χ0n) is 14.1. The maximum absolute atomic E-state index is 2.44. The minimum absolute atomic E-state index is 0.418. The molecule has 1 heteroatoms. The molecule has 1 aliphatic heterocycles. The lowest BCUT2D eigenvalue weighted by molar-refractivity contribution is 0.265. The molecule has 0 fully saturated rings. The highest BCUT2D eigenvalue weighted by Gasteiger charge is 2.25. The van der Waals surface area contributed by atoms with Gasteiger partial charge >= 0.3 is 0 Å². The molecule has 0 saturated heterocycles. The van der Waals surface area contributed by atoms with Crippen LogP contribution in [-0.2, 0) is 6.42 Å². The molecule has 1 atom stereocenters. The summed E-state index contributed by atoms with van der Waals surface area (Å²) < 4.78 is 0. The van der Waals surface area contributed by atoms with Crippen molar-refractivity contribution in [3.05, 3.63) is 71.3 Å². The van der Waals surface area contributed by atoms with Crippen LogP contribution in [0.2, 0.25) is 0 Å². The molecule has 1 nitrogen and oxygen atoms in total. The van der Waals surface area contributed by atoms with Gasteiger partial charge in [0.15, 0.2) is 0 Å². The van der Waals surface area contributed by atoms with E-state index in [2.05, 4.69) is 66.5 Å². The van der Waals surface area contributed by atoms with Crippen molar-refractivity contribution in [2.75, 3.05) is 13.6 Å². The Labute approximate surface area is 130 Å². The number of benzene rings is 2. The second-order valence-electron chi connectivity index (χ2n) is 4.74. The molecule has 21 heavy (non-hydrogen) atoms. The zero-order chi connectivity index (χ0) is 15.7. The Balaban J connectivity index is 0.000000510. The highest BCUT2D eigenvalue weighted by atomic mass is 15.1. The lowest BCUT2D eigenvalue weighted by Crippen LogP contribution is -2.32. The molecule has 1 heterocycles. The summed E-state index contributed by atoms with van der Waals surface area (Å²) in [7, 11) is 2.22. The summed E-state index contributed by atoms with van der Waals surface area (Å²) in [6, 6.07) is 20.0. The van der Waals surface area contributed by atoms with Gasteiger partial charge in [-0.15, -0.1) is 0 Å². The SMILES string of the molecule is CC.CC.CN1CCc2ccccc2C1c1ccccc1. The van der Waals surface area contributed by atoms with Crippen LogP contribution in [0.3, 0.4) is 0 Å². The van der Waals surface area contributed by atoms with Gasteiger partial charge < -0.3 is 0 Å². The van der Waals surface area contributed by atoms with Gasteiger partial charge in [-0.1, -0.05) is 82.3 Å². The maximum atomic E-state index is 2.44. The van der Waals surface area contributed by atoms with Crippen molar-refractivity contribution in [2.45, 2.75) is 40.2 Å². The van der Waals surface area contributed by atoms with Gasteiger partial charge in [-0.3, -0.25) is 4.90 Å². The van der Waals surface area contributed by atoms with Crippen LogP contribution in [0.5, 0.6) is 0 Å². The summed E-state index contributed by atoms with van der Waals surface area (Å²) in [5, 5.41) is 0. The van der Waals surface area contributed by atoms with Crippen molar-refractivity contribution in [1.29, 1.82) is 0 Å². The predicted molar refractivity (Wildman–Crippen MR) is 93.8 cm³/mol. The quantitative estimate of drug-likeness (QED) is 0.685. The largest absolute Gasteiger partial charge is 0.295 e. The minimum atomic E-state index is 0.418. The average molecular weight is 283 g/mol. The highest BCUT2D eigenvalue weighted by molar-refractivity contribution is 5.39. The first kappa shape index (κ1) is 17.5. The van der Waals surface area contributed by atoms with Crippen LogP contribution in [0.15, 0.2) is 54.6 Å². The van der Waals surface area contributed by atoms with E-state index in [1.807, 2.05) is 27.7 Å². The summed E-state index contributed by atoms with van der Waals surface area (Å²) in [6.07, 6.45) is 1.16. The minimum Gasteiger partial charge on any atom is -0.295 e. The van der Waals surface area contributed by atoms with E-state index in [9.17, 15) is 0 Å². The summed E-state index contributed by atoms with van der Waals surface area (Å²) in [6.45, 7) is 9.14. The standard InChI is InChI=1S/C16H17N.2C2H6/c1-17-12-11-13-7-5-6-10-15(13)16(17)14-8-3-2-4-9-14;2*1-2/h2-10,16H,11-12H2,1H3;2*1-2H3. The molecule has 0 spiro atoms. The molecule has 114 valence electrons. The number of likely N-dealkylation sites (N-methyl/N-ethyl adjacent to an activating group) is 1. The Bertz CT molecular complexity index is 504. The van der Waals surface area contributed by atoms with Gasteiger partial charge in [-0.25, -0.2) is 0 Å². The zero-order valence-corrected chi connectivity index (χ0v) is 14.1. The number of hydrogen-bond donors (Lipinski definition) is 0. The number of hydrogen-bond acceptors (Lipinski definition) is 1. The normalized spacial score (nSPS) is 16.7. The van der Waals surface area contributed by atoms with E-state index in [1.165, 1.54) is 16.7 Å². The van der Waals surface area contributed by atoms with E-state index < -0.39 is 0 Å². The van der Waals surface area contributed by atoms with E-state index in [4.69, 9.17) is 0 Å². The Hall–Kier alpha value is -1.60. The monoisotopic (exact) mass is 283 g/mol. The molecule has 0 radical (unpaired) electrons. The highest BCUT2D eigenvalue weighted by Crippen LogP contribution is 2.33. The molecule has 1 aliphatic rings. The molecule has 2 aromatic carbocycles. The van der Waals surface area contributed by atoms with E-state index in [1.54, 1.807) is 0 Å². The van der Waals surface area contributed by atoms with Gasteiger partial charge in [0, 0.05) is 6.54 Å². The molecular formula is C20H29N. The molecule has 0 aromatic heterocycles. The molecule has 0 amide bonds. The van der Waals surface area contributed by atoms with E-state index >= 15 is 0 Å². The van der Waals surface area contributed by atoms with Crippen molar-refractivity contribution in [3.63, 3.8) is 0 Å². The fourth-order valence-corrected chi connectivity index (χ4v) is 2.76. The van der Waals surface area contributed by atoms with Crippen LogP contribution in [-0.4, -0.2) is 18.5 Å². The second kappa shape index (κ2) is 9.36. The predicted octanol–water partition coefficient (Wildman–Crippen LogP) is 5.32. The van der Waals surface area contributed by atoms with Gasteiger partial charge in [0.2, 0.25) is 0 Å². The third kappa shape index (κ3) is 4.18. The van der Waals surface area contributed by atoms with E-state index in [0.717, 1.165) is 13.0 Å². The van der Waals surface area contributed by atoms with Crippen LogP contribution < -0.4 is 0 Å². The lowest BCUT2D eigenvalue weighted by atomic mass is 9.89. The Morgan fingerprint density at radius 3 is 2.05 bits per heavy atom. The van der Waals surface area contributed by atoms with Crippen molar-refractivity contribution < 1.29 is 0 Å². The summed E-state index contributed by atoms with van der Waals surface area (Å²) in [5.41, 5.74) is 4.36. The van der Waals surface area contributed by atoms with Gasteiger partial charge in [-0.2, -0.15) is 0 Å². The van der Waals surface area contributed by atoms with Crippen LogP contribution in [0.1, 0.15) is 50.4 Å².